The fraction of sp³-hybridized carbons (Fsp3) is 0.255. The quantitative estimate of drug-likeness (QED) is 0.165. The summed E-state index contributed by atoms with van der Waals surface area (Å²) in [7, 11) is 0. The van der Waals surface area contributed by atoms with Crippen LogP contribution in [-0.4, -0.2) is 6.29 Å². The Bertz CT molecular complexity index is 1960. The summed E-state index contributed by atoms with van der Waals surface area (Å²) in [4.78, 5) is 12.1. The lowest BCUT2D eigenvalue weighted by Gasteiger charge is -2.43. The molecule has 0 bridgehead atoms. The van der Waals surface area contributed by atoms with Crippen LogP contribution in [0.15, 0.2) is 151 Å². The van der Waals surface area contributed by atoms with E-state index in [4.69, 9.17) is 0 Å². The van der Waals surface area contributed by atoms with Crippen molar-refractivity contribution in [2.24, 2.45) is 11.8 Å². The number of carbonyl (C=O) groups is 1. The van der Waals surface area contributed by atoms with Crippen LogP contribution in [0.3, 0.4) is 0 Å². The van der Waals surface area contributed by atoms with Crippen LogP contribution in [0.25, 0.3) is 11.1 Å². The van der Waals surface area contributed by atoms with Crippen molar-refractivity contribution < 1.29 is 4.79 Å². The van der Waals surface area contributed by atoms with E-state index < -0.39 is 0 Å². The van der Waals surface area contributed by atoms with E-state index in [1.54, 1.807) is 11.1 Å². The third kappa shape index (κ3) is 4.62. The van der Waals surface area contributed by atoms with E-state index in [0.29, 0.717) is 23.7 Å². The number of hydrogen-bond acceptors (Lipinski definition) is 1. The number of fused-ring (bicyclic) bond motifs is 10. The highest BCUT2D eigenvalue weighted by Gasteiger charge is 2.59. The molecule has 0 saturated heterocycles. The molecule has 0 aliphatic heterocycles. The van der Waals surface area contributed by atoms with Gasteiger partial charge in [-0.1, -0.05) is 145 Å². The molecule has 1 spiro atoms. The van der Waals surface area contributed by atoms with E-state index in [9.17, 15) is 4.79 Å². The Morgan fingerprint density at radius 1 is 0.667 bits per heavy atom. The molecule has 0 aromatic heterocycles. The molecule has 5 aromatic carbocycles. The van der Waals surface area contributed by atoms with Gasteiger partial charge in [0.2, 0.25) is 0 Å². The predicted molar refractivity (Wildman–Crippen MR) is 197 cm³/mol. The second kappa shape index (κ2) is 12.0. The van der Waals surface area contributed by atoms with Crippen molar-refractivity contribution in [3.8, 4) is 11.1 Å². The molecule has 4 aliphatic carbocycles. The molecule has 1 saturated carbocycles. The van der Waals surface area contributed by atoms with Crippen molar-refractivity contribution in [2.45, 2.75) is 62.2 Å². The normalized spacial score (nSPS) is 21.6. The van der Waals surface area contributed by atoms with E-state index in [1.165, 1.54) is 76.6 Å². The summed E-state index contributed by atoms with van der Waals surface area (Å²) in [6, 6.07) is 46.9. The minimum absolute atomic E-state index is 0.203. The average Bonchev–Trinajstić information content (AvgIpc) is 3.62. The van der Waals surface area contributed by atoms with Crippen molar-refractivity contribution in [3.05, 3.63) is 190 Å². The Kier molecular flexibility index (Phi) is 7.38. The van der Waals surface area contributed by atoms with Crippen LogP contribution >= 0.6 is 0 Å². The van der Waals surface area contributed by atoms with Gasteiger partial charge in [0, 0.05) is 11.5 Å². The van der Waals surface area contributed by atoms with Crippen molar-refractivity contribution in [1.82, 2.24) is 0 Å². The van der Waals surface area contributed by atoms with Gasteiger partial charge in [0.1, 0.15) is 6.29 Å². The molecule has 1 fully saturated rings. The number of aldehydes is 1. The van der Waals surface area contributed by atoms with Gasteiger partial charge in [-0.05, 0) is 113 Å². The maximum atomic E-state index is 12.1. The Balaban J connectivity index is 1.02. The smallest absolute Gasteiger partial charge is 0.150 e. The zero-order chi connectivity index (χ0) is 32.1. The third-order valence-corrected chi connectivity index (χ3v) is 12.4. The number of rotatable bonds is 7. The molecular formula is C47H42O. The highest BCUT2D eigenvalue weighted by Crippen LogP contribution is 2.68. The second-order valence-corrected chi connectivity index (χ2v) is 14.6. The van der Waals surface area contributed by atoms with Gasteiger partial charge >= 0.3 is 0 Å². The predicted octanol–water partition coefficient (Wildman–Crippen LogP) is 11.6. The van der Waals surface area contributed by atoms with Crippen molar-refractivity contribution in [1.29, 1.82) is 0 Å². The molecule has 0 N–H and O–H groups in total. The summed E-state index contributed by atoms with van der Waals surface area (Å²) in [5.74, 6) is 2.01. The molecule has 4 aliphatic rings. The molecule has 2 unspecified atom stereocenters. The average molecular weight is 623 g/mol. The van der Waals surface area contributed by atoms with Crippen molar-refractivity contribution in [3.63, 3.8) is 0 Å². The summed E-state index contributed by atoms with van der Waals surface area (Å²) in [5, 5.41) is 0. The first-order valence-electron chi connectivity index (χ1n) is 18.0. The van der Waals surface area contributed by atoms with Gasteiger partial charge in [0.25, 0.3) is 0 Å². The molecule has 48 heavy (non-hydrogen) atoms. The van der Waals surface area contributed by atoms with Gasteiger partial charge in [-0.3, -0.25) is 4.79 Å². The number of carbonyl (C=O) groups excluding carboxylic acids is 1. The molecule has 0 heterocycles. The molecule has 0 amide bonds. The summed E-state index contributed by atoms with van der Waals surface area (Å²) < 4.78 is 0. The Labute approximate surface area is 285 Å². The summed E-state index contributed by atoms with van der Waals surface area (Å²) in [6.45, 7) is 0. The van der Waals surface area contributed by atoms with E-state index in [1.807, 2.05) is 0 Å². The number of hydrogen-bond donors (Lipinski definition) is 0. The Hall–Kier alpha value is -4.75. The highest BCUT2D eigenvalue weighted by atomic mass is 16.1. The van der Waals surface area contributed by atoms with Gasteiger partial charge in [-0.15, -0.1) is 0 Å². The Morgan fingerprint density at radius 3 is 1.94 bits per heavy atom. The minimum atomic E-state index is -0.203. The molecule has 5 aromatic rings. The van der Waals surface area contributed by atoms with Crippen LogP contribution in [0, 0.1) is 11.8 Å². The molecule has 3 atom stereocenters. The standard InChI is InChI=1S/C47H42O/c48-31-33-22-27-41-42-28-25-37(30-46(42)47(45(41)29-33)43-17-9-7-15-39(43)40-16-8-10-18-44(40)47)34-23-19-32(20-24-34)21-26-38(35-11-3-1-4-12-35)36-13-5-2-6-14-36/h1-19,22-23,27,29,31,37-38,42,46H,20-21,24-26,28,30H2/t37?,42-,46?/m0/s1. The van der Waals surface area contributed by atoms with Gasteiger partial charge in [0.05, 0.1) is 5.41 Å². The monoisotopic (exact) mass is 622 g/mol. The lowest BCUT2D eigenvalue weighted by atomic mass is 9.60. The minimum Gasteiger partial charge on any atom is -0.298 e. The van der Waals surface area contributed by atoms with Crippen LogP contribution in [0.2, 0.25) is 0 Å². The fourth-order valence-corrected chi connectivity index (χ4v) is 10.3. The third-order valence-electron chi connectivity index (χ3n) is 12.4. The van der Waals surface area contributed by atoms with Gasteiger partial charge in [0.15, 0.2) is 0 Å². The zero-order valence-corrected chi connectivity index (χ0v) is 27.5. The zero-order valence-electron chi connectivity index (χ0n) is 27.5. The largest absolute Gasteiger partial charge is 0.298 e. The first-order valence-corrected chi connectivity index (χ1v) is 18.0. The van der Waals surface area contributed by atoms with E-state index in [0.717, 1.165) is 24.7 Å². The van der Waals surface area contributed by atoms with E-state index in [-0.39, 0.29) is 5.41 Å². The molecule has 236 valence electrons. The molecule has 1 nitrogen and oxygen atoms in total. The van der Waals surface area contributed by atoms with Gasteiger partial charge in [-0.25, -0.2) is 0 Å². The lowest BCUT2D eigenvalue weighted by molar-refractivity contribution is 0.112. The van der Waals surface area contributed by atoms with Crippen molar-refractivity contribution >= 4 is 6.29 Å². The van der Waals surface area contributed by atoms with Crippen LogP contribution in [0.4, 0.5) is 0 Å². The first kappa shape index (κ1) is 29.4. The van der Waals surface area contributed by atoms with Gasteiger partial charge in [-0.2, -0.15) is 0 Å². The summed E-state index contributed by atoms with van der Waals surface area (Å²) in [6.07, 6.45) is 14.3. The lowest BCUT2D eigenvalue weighted by Crippen LogP contribution is -2.37. The second-order valence-electron chi connectivity index (χ2n) is 14.6. The molecule has 9 rings (SSSR count). The maximum Gasteiger partial charge on any atom is 0.150 e. The van der Waals surface area contributed by atoms with Crippen LogP contribution in [0.1, 0.15) is 101 Å². The molecule has 1 heteroatoms. The van der Waals surface area contributed by atoms with Crippen molar-refractivity contribution in [2.75, 3.05) is 0 Å². The number of benzene rings is 5. The first-order chi connectivity index (χ1) is 23.8. The molecule has 0 radical (unpaired) electrons. The van der Waals surface area contributed by atoms with Crippen LogP contribution in [-0.2, 0) is 5.41 Å². The summed E-state index contributed by atoms with van der Waals surface area (Å²) >= 11 is 0. The SMILES string of the molecule is O=Cc1ccc2c(c1)C1(c3ccccc3-c3ccccc31)C1CC(C3=CC=C(CCC(c4ccccc4)c4ccccc4)CC3)CC[C@@H]21. The summed E-state index contributed by atoms with van der Waals surface area (Å²) in [5.41, 5.74) is 15.1. The highest BCUT2D eigenvalue weighted by molar-refractivity contribution is 5.86. The number of allylic oxidation sites excluding steroid dienone is 4. The van der Waals surface area contributed by atoms with Crippen LogP contribution in [0.5, 0.6) is 0 Å². The Morgan fingerprint density at radius 2 is 1.31 bits per heavy atom. The van der Waals surface area contributed by atoms with E-state index in [2.05, 4.69) is 140 Å². The fourth-order valence-electron chi connectivity index (χ4n) is 10.3. The van der Waals surface area contributed by atoms with Crippen LogP contribution < -0.4 is 0 Å². The van der Waals surface area contributed by atoms with E-state index >= 15 is 0 Å². The van der Waals surface area contributed by atoms with Gasteiger partial charge < -0.3 is 0 Å². The maximum absolute atomic E-state index is 12.1. The molecular weight excluding hydrogens is 581 g/mol. The topological polar surface area (TPSA) is 17.1 Å².